The molecule has 4 nitrogen and oxygen atoms in total. The highest BCUT2D eigenvalue weighted by Gasteiger charge is 2.19. The lowest BCUT2D eigenvalue weighted by Gasteiger charge is -2.23. The van der Waals surface area contributed by atoms with Gasteiger partial charge in [0.05, 0.1) is 0 Å². The summed E-state index contributed by atoms with van der Waals surface area (Å²) in [6.07, 6.45) is 3.80. The highest BCUT2D eigenvalue weighted by molar-refractivity contribution is 5.75. The Labute approximate surface area is 110 Å². The van der Waals surface area contributed by atoms with Crippen molar-refractivity contribution < 1.29 is 14.3 Å². The fraction of sp³-hybridized carbons (Fsp3) is 0.857. The van der Waals surface area contributed by atoms with Crippen molar-refractivity contribution >= 4 is 11.9 Å². The van der Waals surface area contributed by atoms with E-state index in [-0.39, 0.29) is 11.8 Å². The van der Waals surface area contributed by atoms with E-state index in [1.54, 1.807) is 6.92 Å². The SMILES string of the molecule is CCCC[C@H](CCC(C)=O)NC(=O)OC(C)(C)C. The molecule has 0 aliphatic carbocycles. The van der Waals surface area contributed by atoms with Crippen LogP contribution in [0.15, 0.2) is 0 Å². The summed E-state index contributed by atoms with van der Waals surface area (Å²) in [6, 6.07) is 0.0312. The van der Waals surface area contributed by atoms with Gasteiger partial charge in [-0.2, -0.15) is 0 Å². The minimum Gasteiger partial charge on any atom is -0.444 e. The number of nitrogens with one attached hydrogen (secondary N) is 1. The van der Waals surface area contributed by atoms with E-state index in [9.17, 15) is 9.59 Å². The summed E-state index contributed by atoms with van der Waals surface area (Å²) >= 11 is 0. The number of unbranched alkanes of at least 4 members (excludes halogenated alkanes) is 1. The molecule has 0 fully saturated rings. The third kappa shape index (κ3) is 10.1. The predicted molar refractivity (Wildman–Crippen MR) is 72.6 cm³/mol. The maximum Gasteiger partial charge on any atom is 0.407 e. The van der Waals surface area contributed by atoms with E-state index in [0.717, 1.165) is 19.3 Å². The van der Waals surface area contributed by atoms with Crippen LogP contribution in [-0.4, -0.2) is 23.5 Å². The fourth-order valence-corrected chi connectivity index (χ4v) is 1.59. The third-order valence-electron chi connectivity index (χ3n) is 2.47. The molecule has 0 aromatic rings. The molecule has 0 radical (unpaired) electrons. The van der Waals surface area contributed by atoms with Crippen LogP contribution in [0, 0.1) is 0 Å². The summed E-state index contributed by atoms with van der Waals surface area (Å²) in [7, 11) is 0. The lowest BCUT2D eigenvalue weighted by Crippen LogP contribution is -2.39. The van der Waals surface area contributed by atoms with Crippen molar-refractivity contribution in [2.24, 2.45) is 0 Å². The number of hydrogen-bond acceptors (Lipinski definition) is 3. The second-order valence-electron chi connectivity index (χ2n) is 5.73. The van der Waals surface area contributed by atoms with Gasteiger partial charge in [0, 0.05) is 12.5 Å². The van der Waals surface area contributed by atoms with E-state index in [4.69, 9.17) is 4.74 Å². The van der Waals surface area contributed by atoms with Gasteiger partial charge in [-0.3, -0.25) is 0 Å². The van der Waals surface area contributed by atoms with Crippen molar-refractivity contribution in [1.82, 2.24) is 5.32 Å². The molecule has 0 saturated heterocycles. The van der Waals surface area contributed by atoms with Crippen molar-refractivity contribution in [2.45, 2.75) is 78.4 Å². The Balaban J connectivity index is 4.20. The van der Waals surface area contributed by atoms with E-state index < -0.39 is 11.7 Å². The van der Waals surface area contributed by atoms with Crippen LogP contribution in [0.25, 0.3) is 0 Å². The van der Waals surface area contributed by atoms with E-state index in [1.165, 1.54) is 0 Å². The number of rotatable bonds is 7. The molecule has 1 amide bonds. The number of carbonyl (C=O) groups is 2. The molecule has 0 spiro atoms. The molecule has 0 rings (SSSR count). The van der Waals surface area contributed by atoms with Gasteiger partial charge in [-0.05, 0) is 40.5 Å². The molecular formula is C14H27NO3. The zero-order valence-corrected chi connectivity index (χ0v) is 12.3. The predicted octanol–water partition coefficient (Wildman–Crippen LogP) is 3.44. The molecule has 0 aromatic heterocycles. The Kier molecular flexibility index (Phi) is 7.64. The van der Waals surface area contributed by atoms with Gasteiger partial charge in [0.1, 0.15) is 11.4 Å². The van der Waals surface area contributed by atoms with Crippen molar-refractivity contribution in [3.8, 4) is 0 Å². The summed E-state index contributed by atoms with van der Waals surface area (Å²) in [5.41, 5.74) is -0.486. The zero-order chi connectivity index (χ0) is 14.2. The van der Waals surface area contributed by atoms with Crippen molar-refractivity contribution in [2.75, 3.05) is 0 Å². The lowest BCUT2D eigenvalue weighted by molar-refractivity contribution is -0.117. The third-order valence-corrected chi connectivity index (χ3v) is 2.47. The molecule has 4 heteroatoms. The first-order chi connectivity index (χ1) is 8.24. The number of amides is 1. The van der Waals surface area contributed by atoms with Gasteiger partial charge in [-0.15, -0.1) is 0 Å². The highest BCUT2D eigenvalue weighted by atomic mass is 16.6. The molecule has 0 unspecified atom stereocenters. The number of alkyl carbamates (subject to hydrolysis) is 1. The molecule has 0 bridgehead atoms. The topological polar surface area (TPSA) is 55.4 Å². The van der Waals surface area contributed by atoms with Crippen LogP contribution in [0.2, 0.25) is 0 Å². The Morgan fingerprint density at radius 2 is 1.83 bits per heavy atom. The molecule has 1 N–H and O–H groups in total. The zero-order valence-electron chi connectivity index (χ0n) is 12.3. The minimum absolute atomic E-state index is 0.0312. The van der Waals surface area contributed by atoms with Crippen LogP contribution in [0.3, 0.4) is 0 Å². The minimum atomic E-state index is -0.486. The molecule has 0 saturated carbocycles. The number of Topliss-reactive ketones (excluding diaryl/α,β-unsaturated/α-hetero) is 1. The average Bonchev–Trinajstić information content (AvgIpc) is 2.19. The number of ketones is 1. The monoisotopic (exact) mass is 257 g/mol. The number of ether oxygens (including phenoxy) is 1. The maximum absolute atomic E-state index is 11.7. The van der Waals surface area contributed by atoms with E-state index in [1.807, 2.05) is 20.8 Å². The van der Waals surface area contributed by atoms with Gasteiger partial charge in [0.15, 0.2) is 0 Å². The van der Waals surface area contributed by atoms with Gasteiger partial charge >= 0.3 is 6.09 Å². The summed E-state index contributed by atoms with van der Waals surface area (Å²) < 4.78 is 5.22. The van der Waals surface area contributed by atoms with Gasteiger partial charge < -0.3 is 14.8 Å². The largest absolute Gasteiger partial charge is 0.444 e. The summed E-state index contributed by atoms with van der Waals surface area (Å²) in [5.74, 6) is 0.155. The molecular weight excluding hydrogens is 230 g/mol. The van der Waals surface area contributed by atoms with E-state index >= 15 is 0 Å². The normalized spacial score (nSPS) is 12.9. The van der Waals surface area contributed by atoms with Crippen molar-refractivity contribution in [3.63, 3.8) is 0 Å². The number of carbonyl (C=O) groups excluding carboxylic acids is 2. The van der Waals surface area contributed by atoms with Gasteiger partial charge in [0.25, 0.3) is 0 Å². The van der Waals surface area contributed by atoms with Gasteiger partial charge in [-0.1, -0.05) is 19.8 Å². The smallest absolute Gasteiger partial charge is 0.407 e. The molecule has 0 aliphatic rings. The Hall–Kier alpha value is -1.06. The lowest BCUT2D eigenvalue weighted by atomic mass is 10.0. The first-order valence-electron chi connectivity index (χ1n) is 6.73. The second-order valence-corrected chi connectivity index (χ2v) is 5.73. The first kappa shape index (κ1) is 16.9. The standard InChI is InChI=1S/C14H27NO3/c1-6-7-8-12(10-9-11(2)16)15-13(17)18-14(3,4)5/h12H,6-10H2,1-5H3,(H,15,17)/t12-/m1/s1. The summed E-state index contributed by atoms with van der Waals surface area (Å²) in [5, 5.41) is 2.85. The van der Waals surface area contributed by atoms with Gasteiger partial charge in [0.2, 0.25) is 0 Å². The van der Waals surface area contributed by atoms with Gasteiger partial charge in [-0.25, -0.2) is 4.79 Å². The summed E-state index contributed by atoms with van der Waals surface area (Å²) in [4.78, 5) is 22.7. The first-order valence-corrected chi connectivity index (χ1v) is 6.73. The number of hydrogen-bond donors (Lipinski definition) is 1. The quantitative estimate of drug-likeness (QED) is 0.760. The molecule has 0 aliphatic heterocycles. The van der Waals surface area contributed by atoms with Crippen molar-refractivity contribution in [1.29, 1.82) is 0 Å². The molecule has 0 aromatic carbocycles. The molecule has 106 valence electrons. The maximum atomic E-state index is 11.7. The molecule has 1 atom stereocenters. The van der Waals surface area contributed by atoms with Crippen LogP contribution < -0.4 is 5.32 Å². The van der Waals surface area contributed by atoms with Crippen LogP contribution in [0.1, 0.15) is 66.7 Å². The average molecular weight is 257 g/mol. The van der Waals surface area contributed by atoms with E-state index in [2.05, 4.69) is 12.2 Å². The Morgan fingerprint density at radius 3 is 2.28 bits per heavy atom. The second kappa shape index (κ2) is 8.11. The van der Waals surface area contributed by atoms with Crippen LogP contribution >= 0.6 is 0 Å². The highest BCUT2D eigenvalue weighted by Crippen LogP contribution is 2.11. The Morgan fingerprint density at radius 1 is 1.22 bits per heavy atom. The molecule has 18 heavy (non-hydrogen) atoms. The van der Waals surface area contributed by atoms with Crippen LogP contribution in [-0.2, 0) is 9.53 Å². The van der Waals surface area contributed by atoms with E-state index in [0.29, 0.717) is 12.8 Å². The molecule has 0 heterocycles. The Bertz CT molecular complexity index is 269. The fourth-order valence-electron chi connectivity index (χ4n) is 1.59. The van der Waals surface area contributed by atoms with Crippen LogP contribution in [0.5, 0.6) is 0 Å². The van der Waals surface area contributed by atoms with Crippen LogP contribution in [0.4, 0.5) is 4.79 Å². The van der Waals surface area contributed by atoms with Crippen molar-refractivity contribution in [3.05, 3.63) is 0 Å². The summed E-state index contributed by atoms with van der Waals surface area (Å²) in [6.45, 7) is 9.19.